The van der Waals surface area contributed by atoms with E-state index in [-0.39, 0.29) is 23.5 Å². The lowest BCUT2D eigenvalue weighted by Crippen LogP contribution is -2.54. The summed E-state index contributed by atoms with van der Waals surface area (Å²) in [6, 6.07) is 26.6. The maximum Gasteiger partial charge on any atom is 0.255 e. The molecule has 2 heterocycles. The van der Waals surface area contributed by atoms with Crippen molar-refractivity contribution in [2.75, 3.05) is 11.9 Å². The maximum atomic E-state index is 14.4. The van der Waals surface area contributed by atoms with Gasteiger partial charge in [-0.05, 0) is 18.1 Å². The topological polar surface area (TPSA) is 66.5 Å². The number of amides is 2. The zero-order valence-corrected chi connectivity index (χ0v) is 22.8. The third-order valence-electron chi connectivity index (χ3n) is 8.45. The average molecular weight is 523 g/mol. The summed E-state index contributed by atoms with van der Waals surface area (Å²) in [5.74, 6) is -1.51. The van der Waals surface area contributed by atoms with Crippen LogP contribution in [0.15, 0.2) is 84.9 Å². The van der Waals surface area contributed by atoms with E-state index in [2.05, 4.69) is 12.2 Å². The molecule has 3 aromatic rings. The van der Waals surface area contributed by atoms with Gasteiger partial charge in [0.2, 0.25) is 5.91 Å². The summed E-state index contributed by atoms with van der Waals surface area (Å²) in [6.07, 6.45) is 8.16. The van der Waals surface area contributed by atoms with Gasteiger partial charge in [0.05, 0.1) is 5.92 Å². The monoisotopic (exact) mass is 522 g/mol. The van der Waals surface area contributed by atoms with Crippen LogP contribution < -0.4 is 5.32 Å². The molecular weight excluding hydrogens is 484 g/mol. The predicted octanol–water partition coefficient (Wildman–Crippen LogP) is 7.10. The Morgan fingerprint density at radius 2 is 1.44 bits per heavy atom. The van der Waals surface area contributed by atoms with E-state index in [4.69, 9.17) is 0 Å². The second kappa shape index (κ2) is 12.0. The van der Waals surface area contributed by atoms with E-state index in [1.807, 2.05) is 72.8 Å². The van der Waals surface area contributed by atoms with Crippen molar-refractivity contribution >= 4 is 23.3 Å². The van der Waals surface area contributed by atoms with E-state index in [0.29, 0.717) is 24.2 Å². The Morgan fingerprint density at radius 1 is 0.821 bits per heavy atom. The van der Waals surface area contributed by atoms with Gasteiger partial charge in [0.25, 0.3) is 5.91 Å². The Bertz CT molecular complexity index is 1310. The van der Waals surface area contributed by atoms with Gasteiger partial charge in [-0.1, -0.05) is 124 Å². The number of hydrogen-bond donors (Lipinski definition) is 1. The molecule has 0 radical (unpaired) electrons. The van der Waals surface area contributed by atoms with Crippen molar-refractivity contribution < 1.29 is 14.4 Å². The van der Waals surface area contributed by atoms with Crippen LogP contribution >= 0.6 is 0 Å². The predicted molar refractivity (Wildman–Crippen MR) is 155 cm³/mol. The van der Waals surface area contributed by atoms with Crippen molar-refractivity contribution in [3.8, 4) is 0 Å². The molecule has 5 rings (SSSR count). The van der Waals surface area contributed by atoms with E-state index in [9.17, 15) is 14.4 Å². The summed E-state index contributed by atoms with van der Waals surface area (Å²) in [5.41, 5.74) is 1.53. The third-order valence-corrected chi connectivity index (χ3v) is 8.45. The van der Waals surface area contributed by atoms with Crippen molar-refractivity contribution in [3.05, 3.63) is 102 Å². The van der Waals surface area contributed by atoms with Crippen LogP contribution in [0.25, 0.3) is 0 Å². The smallest absolute Gasteiger partial charge is 0.255 e. The molecule has 5 nitrogen and oxygen atoms in total. The van der Waals surface area contributed by atoms with E-state index >= 15 is 0 Å². The van der Waals surface area contributed by atoms with E-state index < -0.39 is 11.5 Å². The van der Waals surface area contributed by atoms with Gasteiger partial charge in [0.15, 0.2) is 11.3 Å². The van der Waals surface area contributed by atoms with Crippen molar-refractivity contribution in [1.29, 1.82) is 0 Å². The van der Waals surface area contributed by atoms with Gasteiger partial charge >= 0.3 is 0 Å². The van der Waals surface area contributed by atoms with Gasteiger partial charge in [0, 0.05) is 35.7 Å². The quantitative estimate of drug-likeness (QED) is 0.216. The first-order valence-corrected chi connectivity index (χ1v) is 14.4. The highest BCUT2D eigenvalue weighted by atomic mass is 16.2. The minimum absolute atomic E-state index is 0.0558. The van der Waals surface area contributed by atoms with Crippen LogP contribution in [0, 0.1) is 5.92 Å². The number of rotatable bonds is 11. The van der Waals surface area contributed by atoms with Crippen molar-refractivity contribution in [2.24, 2.45) is 5.92 Å². The van der Waals surface area contributed by atoms with Gasteiger partial charge < -0.3 is 10.2 Å². The summed E-state index contributed by atoms with van der Waals surface area (Å²) >= 11 is 0. The molecule has 2 amide bonds. The largest absolute Gasteiger partial charge is 0.323 e. The number of Topliss-reactive ketones (excluding diaryl/α,β-unsaturated/α-hetero) is 1. The standard InChI is InChI=1S/C34H38N2O3/c1-2-3-4-5-6-7-14-23-30(37)36-24-27(25-17-10-8-11-18-25)31(32(38)26-19-12-9-13-20-26)34(36)28-21-15-16-22-29(28)35-33(34)39/h8-13,15-22,27,31H,2-7,14,23-24H2,1H3,(H,35,39). The minimum atomic E-state index is -1.39. The number of hydrogen-bond acceptors (Lipinski definition) is 3. The van der Waals surface area contributed by atoms with Crippen molar-refractivity contribution in [1.82, 2.24) is 4.90 Å². The van der Waals surface area contributed by atoms with Crippen molar-refractivity contribution in [3.63, 3.8) is 0 Å². The molecular formula is C34H38N2O3. The number of para-hydroxylation sites is 1. The van der Waals surface area contributed by atoms with Crippen LogP contribution in [-0.4, -0.2) is 29.0 Å². The lowest BCUT2D eigenvalue weighted by atomic mass is 9.70. The highest BCUT2D eigenvalue weighted by Crippen LogP contribution is 2.56. The summed E-state index contributed by atoms with van der Waals surface area (Å²) < 4.78 is 0. The maximum absolute atomic E-state index is 14.4. The number of ketones is 1. The second-order valence-corrected chi connectivity index (χ2v) is 10.9. The van der Waals surface area contributed by atoms with E-state index in [1.165, 1.54) is 25.7 Å². The van der Waals surface area contributed by atoms with Crippen LogP contribution in [0.2, 0.25) is 0 Å². The minimum Gasteiger partial charge on any atom is -0.323 e. The number of unbranched alkanes of at least 4 members (excludes halogenated alkanes) is 6. The van der Waals surface area contributed by atoms with Crippen LogP contribution in [0.3, 0.4) is 0 Å². The highest BCUT2D eigenvalue weighted by molar-refractivity contribution is 6.13. The van der Waals surface area contributed by atoms with E-state index in [1.54, 1.807) is 17.0 Å². The fourth-order valence-electron chi connectivity index (χ4n) is 6.57. The summed E-state index contributed by atoms with van der Waals surface area (Å²) in [5, 5.41) is 3.03. The molecule has 0 aliphatic carbocycles. The van der Waals surface area contributed by atoms with Gasteiger partial charge in [-0.3, -0.25) is 14.4 Å². The summed E-state index contributed by atoms with van der Waals surface area (Å²) in [4.78, 5) is 44.3. The molecule has 0 bridgehead atoms. The third kappa shape index (κ3) is 5.03. The first kappa shape index (κ1) is 26.9. The first-order chi connectivity index (χ1) is 19.1. The molecule has 1 fully saturated rings. The number of carbonyl (C=O) groups excluding carboxylic acids is 3. The van der Waals surface area contributed by atoms with Gasteiger partial charge in [0.1, 0.15) is 0 Å². The Morgan fingerprint density at radius 3 is 2.15 bits per heavy atom. The Labute approximate surface area is 231 Å². The summed E-state index contributed by atoms with van der Waals surface area (Å²) in [6.45, 7) is 2.53. The number of carbonyl (C=O) groups is 3. The van der Waals surface area contributed by atoms with Gasteiger partial charge in [-0.2, -0.15) is 0 Å². The highest BCUT2D eigenvalue weighted by Gasteiger charge is 2.66. The number of benzene rings is 3. The van der Waals surface area contributed by atoms with Gasteiger partial charge in [-0.15, -0.1) is 0 Å². The molecule has 3 atom stereocenters. The molecule has 39 heavy (non-hydrogen) atoms. The summed E-state index contributed by atoms with van der Waals surface area (Å²) in [7, 11) is 0. The lowest BCUT2D eigenvalue weighted by Gasteiger charge is -2.37. The number of anilines is 1. The number of fused-ring (bicyclic) bond motifs is 2. The Balaban J connectivity index is 1.54. The average Bonchev–Trinajstić information content (AvgIpc) is 3.48. The van der Waals surface area contributed by atoms with Crippen molar-refractivity contribution in [2.45, 2.75) is 69.7 Å². The van der Waals surface area contributed by atoms with Crippen LogP contribution in [0.5, 0.6) is 0 Å². The molecule has 5 heteroatoms. The molecule has 0 aromatic heterocycles. The van der Waals surface area contributed by atoms with Crippen LogP contribution in [0.1, 0.15) is 85.7 Å². The molecule has 0 saturated carbocycles. The number of likely N-dealkylation sites (tertiary alicyclic amines) is 1. The Kier molecular flexibility index (Phi) is 8.25. The second-order valence-electron chi connectivity index (χ2n) is 10.9. The molecule has 3 aromatic carbocycles. The normalized spacial score (nSPS) is 21.7. The first-order valence-electron chi connectivity index (χ1n) is 14.4. The molecule has 1 spiro atoms. The molecule has 2 aliphatic rings. The van der Waals surface area contributed by atoms with E-state index in [0.717, 1.165) is 30.4 Å². The van der Waals surface area contributed by atoms with Crippen LogP contribution in [-0.2, 0) is 15.1 Å². The SMILES string of the molecule is CCCCCCCCCC(=O)N1CC(c2ccccc2)C(C(=O)c2ccccc2)C12C(=O)Nc1ccccc12. The zero-order chi connectivity index (χ0) is 27.2. The fraction of sp³-hybridized carbons (Fsp3) is 0.382. The van der Waals surface area contributed by atoms with Gasteiger partial charge in [-0.25, -0.2) is 0 Å². The molecule has 1 saturated heterocycles. The van der Waals surface area contributed by atoms with Crippen LogP contribution in [0.4, 0.5) is 5.69 Å². The number of nitrogens with one attached hydrogen (secondary N) is 1. The molecule has 202 valence electrons. The Hall–Kier alpha value is -3.73. The molecule has 1 N–H and O–H groups in total. The molecule has 3 unspecified atom stereocenters. The molecule has 2 aliphatic heterocycles. The zero-order valence-electron chi connectivity index (χ0n) is 22.8. The lowest BCUT2D eigenvalue weighted by molar-refractivity contribution is -0.143. The fourth-order valence-corrected chi connectivity index (χ4v) is 6.57. The number of nitrogens with zero attached hydrogens (tertiary/aromatic N) is 1.